The maximum Gasteiger partial charge on any atom is 0.129 e. The van der Waals surface area contributed by atoms with E-state index >= 15 is 0 Å². The van der Waals surface area contributed by atoms with Gasteiger partial charge < -0.3 is 29.5 Å². The summed E-state index contributed by atoms with van der Waals surface area (Å²) in [4.78, 5) is 0. The maximum atomic E-state index is 9.94. The molecule has 22 heavy (non-hydrogen) atoms. The Morgan fingerprint density at radius 2 is 1.23 bits per heavy atom. The van der Waals surface area contributed by atoms with Gasteiger partial charge in [-0.2, -0.15) is 0 Å². The number of methoxy groups -OCH3 is 3. The first-order valence-corrected chi connectivity index (χ1v) is 6.52. The molecule has 0 bridgehead atoms. The van der Waals surface area contributed by atoms with E-state index in [1.165, 1.54) is 21.3 Å². The minimum absolute atomic E-state index is 0.161. The molecule has 0 heterocycles. The van der Waals surface area contributed by atoms with Gasteiger partial charge >= 0.3 is 0 Å². The van der Waals surface area contributed by atoms with Gasteiger partial charge in [-0.25, -0.2) is 0 Å². The van der Waals surface area contributed by atoms with Crippen molar-refractivity contribution in [2.75, 3.05) is 21.3 Å². The predicted molar refractivity (Wildman–Crippen MR) is 80.3 cm³/mol. The number of phenols is 3. The third-order valence-electron chi connectivity index (χ3n) is 3.36. The Bertz CT molecular complexity index is 632. The predicted octanol–water partition coefficient (Wildman–Crippen LogP) is 2.42. The largest absolute Gasteiger partial charge is 0.508 e. The van der Waals surface area contributed by atoms with Gasteiger partial charge in [0.05, 0.1) is 21.3 Å². The Balaban J connectivity index is 2.53. The van der Waals surface area contributed by atoms with Crippen LogP contribution in [0, 0.1) is 0 Å². The van der Waals surface area contributed by atoms with Crippen LogP contribution >= 0.6 is 0 Å². The van der Waals surface area contributed by atoms with Crippen LogP contribution in [0.15, 0.2) is 24.3 Å². The summed E-state index contributed by atoms with van der Waals surface area (Å²) in [7, 11) is 4.55. The lowest BCUT2D eigenvalue weighted by atomic mass is 10.0. The molecule has 0 radical (unpaired) electrons. The molecule has 0 fully saturated rings. The van der Waals surface area contributed by atoms with E-state index in [0.717, 1.165) is 12.1 Å². The molecule has 0 spiro atoms. The van der Waals surface area contributed by atoms with Crippen molar-refractivity contribution in [3.63, 3.8) is 0 Å². The highest BCUT2D eigenvalue weighted by atomic mass is 16.5. The van der Waals surface area contributed by atoms with Crippen LogP contribution in [-0.4, -0.2) is 36.6 Å². The first-order valence-electron chi connectivity index (χ1n) is 6.52. The van der Waals surface area contributed by atoms with E-state index in [-0.39, 0.29) is 29.2 Å². The summed E-state index contributed by atoms with van der Waals surface area (Å²) >= 11 is 0. The third-order valence-corrected chi connectivity index (χ3v) is 3.36. The normalized spacial score (nSPS) is 10.3. The number of hydrogen-bond donors (Lipinski definition) is 3. The molecule has 3 N–H and O–H groups in total. The van der Waals surface area contributed by atoms with Gasteiger partial charge in [-0.1, -0.05) is 0 Å². The molecule has 0 atom stereocenters. The van der Waals surface area contributed by atoms with Crippen LogP contribution in [0.1, 0.15) is 11.1 Å². The Kier molecular flexibility index (Phi) is 4.50. The highest BCUT2D eigenvalue weighted by Gasteiger charge is 2.18. The molecule has 2 aromatic carbocycles. The van der Waals surface area contributed by atoms with Crippen LogP contribution in [0.3, 0.4) is 0 Å². The van der Waals surface area contributed by atoms with E-state index in [1.807, 2.05) is 0 Å². The molecule has 0 amide bonds. The van der Waals surface area contributed by atoms with Crippen molar-refractivity contribution >= 4 is 0 Å². The summed E-state index contributed by atoms with van der Waals surface area (Å²) in [5.74, 6) is 0.935. The lowest BCUT2D eigenvalue weighted by Gasteiger charge is -2.16. The van der Waals surface area contributed by atoms with Gasteiger partial charge in [-0.15, -0.1) is 0 Å². The lowest BCUT2D eigenvalue weighted by Crippen LogP contribution is -2.00. The number of rotatable bonds is 5. The SMILES string of the molecule is COc1cc(OC)c(Cc2c(O)cc(O)cc2O)c(OC)c1. The van der Waals surface area contributed by atoms with Crippen molar-refractivity contribution in [3.8, 4) is 34.5 Å². The first kappa shape index (κ1) is 15.6. The average molecular weight is 306 g/mol. The minimum atomic E-state index is -0.215. The number of hydrogen-bond acceptors (Lipinski definition) is 6. The lowest BCUT2D eigenvalue weighted by molar-refractivity contribution is 0.369. The summed E-state index contributed by atoms with van der Waals surface area (Å²) < 4.78 is 15.8. The Hall–Kier alpha value is -2.76. The maximum absolute atomic E-state index is 9.94. The molecule has 2 rings (SSSR count). The number of ether oxygens (including phenoxy) is 3. The minimum Gasteiger partial charge on any atom is -0.508 e. The van der Waals surface area contributed by atoms with E-state index < -0.39 is 0 Å². The zero-order valence-electron chi connectivity index (χ0n) is 12.6. The Morgan fingerprint density at radius 3 is 1.64 bits per heavy atom. The Morgan fingerprint density at radius 1 is 0.727 bits per heavy atom. The van der Waals surface area contributed by atoms with Crippen molar-refractivity contribution in [1.82, 2.24) is 0 Å². The molecule has 0 aliphatic carbocycles. The van der Waals surface area contributed by atoms with Gasteiger partial charge in [0.25, 0.3) is 0 Å². The van der Waals surface area contributed by atoms with Crippen molar-refractivity contribution in [2.24, 2.45) is 0 Å². The van der Waals surface area contributed by atoms with E-state index in [4.69, 9.17) is 14.2 Å². The molecule has 0 unspecified atom stereocenters. The quantitative estimate of drug-likeness (QED) is 0.786. The average Bonchev–Trinajstić information content (AvgIpc) is 2.50. The van der Waals surface area contributed by atoms with Gasteiger partial charge in [0.15, 0.2) is 0 Å². The molecule has 0 aromatic heterocycles. The second-order valence-electron chi connectivity index (χ2n) is 4.65. The van der Waals surface area contributed by atoms with Crippen molar-refractivity contribution in [2.45, 2.75) is 6.42 Å². The van der Waals surface area contributed by atoms with Crippen LogP contribution in [0.4, 0.5) is 0 Å². The molecular weight excluding hydrogens is 288 g/mol. The molecule has 6 nitrogen and oxygen atoms in total. The molecule has 2 aromatic rings. The summed E-state index contributed by atoms with van der Waals surface area (Å²) in [5.41, 5.74) is 0.904. The summed E-state index contributed by atoms with van der Waals surface area (Å²) in [6, 6.07) is 5.70. The zero-order valence-corrected chi connectivity index (χ0v) is 12.6. The molecule has 118 valence electrons. The first-order chi connectivity index (χ1) is 10.5. The zero-order chi connectivity index (χ0) is 16.3. The second-order valence-corrected chi connectivity index (χ2v) is 4.65. The molecule has 0 saturated heterocycles. The van der Waals surface area contributed by atoms with E-state index in [0.29, 0.717) is 22.8 Å². The van der Waals surface area contributed by atoms with Gasteiger partial charge in [-0.3, -0.25) is 0 Å². The van der Waals surface area contributed by atoms with Crippen LogP contribution in [0.5, 0.6) is 34.5 Å². The van der Waals surface area contributed by atoms with Crippen molar-refractivity contribution in [1.29, 1.82) is 0 Å². The van der Waals surface area contributed by atoms with Gasteiger partial charge in [0.1, 0.15) is 34.5 Å². The fourth-order valence-corrected chi connectivity index (χ4v) is 2.24. The molecule has 0 aliphatic heterocycles. The molecule has 6 heteroatoms. The van der Waals surface area contributed by atoms with E-state index in [1.54, 1.807) is 12.1 Å². The van der Waals surface area contributed by atoms with Gasteiger partial charge in [-0.05, 0) is 0 Å². The highest BCUT2D eigenvalue weighted by Crippen LogP contribution is 2.40. The monoisotopic (exact) mass is 306 g/mol. The molecule has 0 saturated carbocycles. The Labute approximate surface area is 128 Å². The fourth-order valence-electron chi connectivity index (χ4n) is 2.24. The van der Waals surface area contributed by atoms with Crippen molar-refractivity contribution in [3.05, 3.63) is 35.4 Å². The number of benzene rings is 2. The summed E-state index contributed by atoms with van der Waals surface area (Å²) in [6.07, 6.45) is 0.161. The van der Waals surface area contributed by atoms with E-state index in [9.17, 15) is 15.3 Å². The number of phenolic OH excluding ortho intramolecular Hbond substituents is 3. The standard InChI is InChI=1S/C16H18O6/c1-20-10-6-15(21-2)12(16(7-10)22-3)8-11-13(18)4-9(17)5-14(11)19/h4-7,17-19H,8H2,1-3H3. The third kappa shape index (κ3) is 2.95. The summed E-state index contributed by atoms with van der Waals surface area (Å²) in [6.45, 7) is 0. The summed E-state index contributed by atoms with van der Waals surface area (Å²) in [5, 5.41) is 29.2. The topological polar surface area (TPSA) is 88.4 Å². The molecule has 0 aliphatic rings. The fraction of sp³-hybridized carbons (Fsp3) is 0.250. The van der Waals surface area contributed by atoms with Crippen LogP contribution < -0.4 is 14.2 Å². The van der Waals surface area contributed by atoms with Crippen molar-refractivity contribution < 1.29 is 29.5 Å². The second kappa shape index (κ2) is 6.34. The molecular formula is C16H18O6. The van der Waals surface area contributed by atoms with Gasteiger partial charge in [0.2, 0.25) is 0 Å². The van der Waals surface area contributed by atoms with Gasteiger partial charge in [0, 0.05) is 41.8 Å². The van der Waals surface area contributed by atoms with Crippen LogP contribution in [-0.2, 0) is 6.42 Å². The highest BCUT2D eigenvalue weighted by molar-refractivity contribution is 5.57. The smallest absolute Gasteiger partial charge is 0.129 e. The van der Waals surface area contributed by atoms with E-state index in [2.05, 4.69) is 0 Å². The van der Waals surface area contributed by atoms with Crippen LogP contribution in [0.2, 0.25) is 0 Å². The van der Waals surface area contributed by atoms with Crippen LogP contribution in [0.25, 0.3) is 0 Å². The number of aromatic hydroxyl groups is 3.